The van der Waals surface area contributed by atoms with Crippen molar-refractivity contribution in [1.82, 2.24) is 8.87 Å². The summed E-state index contributed by atoms with van der Waals surface area (Å²) in [5.74, 6) is 1.78. The first-order valence-corrected chi connectivity index (χ1v) is 12.8. The van der Waals surface area contributed by atoms with Gasteiger partial charge in [0.15, 0.2) is 4.80 Å². The SMILES string of the molecule is C#CCn1c(=NC(=O)C2CCN(S(C)(=O)=O)CC2)sc2cc(S(N)(=O)=O)ccc21. The number of terminal acetylenes is 1. The molecule has 1 saturated heterocycles. The van der Waals surface area contributed by atoms with Crippen molar-refractivity contribution in [2.75, 3.05) is 19.3 Å². The second-order valence-electron chi connectivity index (χ2n) is 6.74. The molecule has 29 heavy (non-hydrogen) atoms. The molecule has 1 amide bonds. The first-order valence-electron chi connectivity index (χ1n) is 8.64. The highest BCUT2D eigenvalue weighted by molar-refractivity contribution is 7.89. The predicted octanol–water partition coefficient (Wildman–Crippen LogP) is 0.0823. The summed E-state index contributed by atoms with van der Waals surface area (Å²) in [4.78, 5) is 17.2. The molecule has 0 bridgehead atoms. The van der Waals surface area contributed by atoms with E-state index in [4.69, 9.17) is 11.6 Å². The molecule has 3 rings (SSSR count). The Morgan fingerprint density at radius 1 is 1.31 bits per heavy atom. The standard InChI is InChI=1S/C17H20N4O5S3/c1-3-8-21-14-5-4-13(29(18,25)26)11-15(14)27-17(21)19-16(22)12-6-9-20(10-7-12)28(2,23)24/h1,4-5,11-12H,6-10H2,2H3,(H2,18,25,26). The van der Waals surface area contributed by atoms with Crippen LogP contribution in [0.25, 0.3) is 10.2 Å². The lowest BCUT2D eigenvalue weighted by molar-refractivity contribution is -0.122. The molecule has 0 radical (unpaired) electrons. The van der Waals surface area contributed by atoms with E-state index in [0.717, 1.165) is 17.6 Å². The highest BCUT2D eigenvalue weighted by Crippen LogP contribution is 2.23. The topological polar surface area (TPSA) is 132 Å². The van der Waals surface area contributed by atoms with Gasteiger partial charge < -0.3 is 4.57 Å². The van der Waals surface area contributed by atoms with E-state index in [1.807, 2.05) is 0 Å². The summed E-state index contributed by atoms with van der Waals surface area (Å²) in [6.07, 6.45) is 7.37. The van der Waals surface area contributed by atoms with Crippen LogP contribution in [0.3, 0.4) is 0 Å². The van der Waals surface area contributed by atoms with Crippen molar-refractivity contribution in [2.24, 2.45) is 16.0 Å². The molecule has 0 unspecified atom stereocenters. The van der Waals surface area contributed by atoms with Crippen molar-refractivity contribution in [3.05, 3.63) is 23.0 Å². The van der Waals surface area contributed by atoms with Gasteiger partial charge in [-0.3, -0.25) is 4.79 Å². The third-order valence-electron chi connectivity index (χ3n) is 4.71. The monoisotopic (exact) mass is 456 g/mol. The molecule has 12 heteroatoms. The number of carbonyl (C=O) groups excluding carboxylic acids is 1. The fourth-order valence-corrected chi connectivity index (χ4v) is 5.74. The lowest BCUT2D eigenvalue weighted by Gasteiger charge is -2.28. The zero-order valence-corrected chi connectivity index (χ0v) is 18.1. The zero-order chi connectivity index (χ0) is 21.4. The summed E-state index contributed by atoms with van der Waals surface area (Å²) in [5, 5.41) is 5.18. The van der Waals surface area contributed by atoms with Gasteiger partial charge in [0.05, 0.1) is 27.9 Å². The number of carbonyl (C=O) groups is 1. The van der Waals surface area contributed by atoms with Gasteiger partial charge in [0.25, 0.3) is 5.91 Å². The van der Waals surface area contributed by atoms with Gasteiger partial charge in [-0.1, -0.05) is 17.3 Å². The molecule has 0 saturated carbocycles. The van der Waals surface area contributed by atoms with E-state index in [0.29, 0.717) is 27.9 Å². The number of primary sulfonamides is 1. The Bertz CT molecular complexity index is 1270. The lowest BCUT2D eigenvalue weighted by Crippen LogP contribution is -2.39. The molecule has 9 nitrogen and oxygen atoms in total. The van der Waals surface area contributed by atoms with Gasteiger partial charge in [-0.15, -0.1) is 6.42 Å². The second kappa shape index (κ2) is 8.00. The number of sulfonamides is 2. The Balaban J connectivity index is 1.96. The van der Waals surface area contributed by atoms with Crippen LogP contribution in [0.5, 0.6) is 0 Å². The van der Waals surface area contributed by atoms with Gasteiger partial charge in [-0.25, -0.2) is 26.3 Å². The molecule has 2 heterocycles. The average Bonchev–Trinajstić information content (AvgIpc) is 2.97. The van der Waals surface area contributed by atoms with E-state index in [9.17, 15) is 21.6 Å². The van der Waals surface area contributed by atoms with Crippen molar-refractivity contribution < 1.29 is 21.6 Å². The molecular weight excluding hydrogens is 436 g/mol. The number of piperidine rings is 1. The van der Waals surface area contributed by atoms with E-state index in [1.165, 1.54) is 16.4 Å². The number of nitrogens with zero attached hydrogens (tertiary/aromatic N) is 3. The van der Waals surface area contributed by atoms with Crippen molar-refractivity contribution in [1.29, 1.82) is 0 Å². The first-order chi connectivity index (χ1) is 13.5. The van der Waals surface area contributed by atoms with Gasteiger partial charge in [-0.05, 0) is 31.0 Å². The third kappa shape index (κ3) is 4.76. The van der Waals surface area contributed by atoms with Crippen molar-refractivity contribution in [3.63, 3.8) is 0 Å². The fraction of sp³-hybridized carbons (Fsp3) is 0.412. The summed E-state index contributed by atoms with van der Waals surface area (Å²) in [7, 11) is -7.14. The molecule has 1 fully saturated rings. The number of thiazole rings is 1. The maximum atomic E-state index is 12.7. The van der Waals surface area contributed by atoms with Gasteiger partial charge in [0.1, 0.15) is 0 Å². The molecule has 1 aliphatic heterocycles. The summed E-state index contributed by atoms with van der Waals surface area (Å²) in [6, 6.07) is 4.39. The number of nitrogens with two attached hydrogens (primary N) is 1. The van der Waals surface area contributed by atoms with Crippen molar-refractivity contribution >= 4 is 47.5 Å². The number of fused-ring (bicyclic) bond motifs is 1. The van der Waals surface area contributed by atoms with Crippen LogP contribution < -0.4 is 9.94 Å². The van der Waals surface area contributed by atoms with Crippen LogP contribution >= 0.6 is 11.3 Å². The van der Waals surface area contributed by atoms with E-state index < -0.39 is 20.0 Å². The normalized spacial score (nSPS) is 17.5. The fourth-order valence-electron chi connectivity index (χ4n) is 3.18. The summed E-state index contributed by atoms with van der Waals surface area (Å²) in [5.41, 5.74) is 0.652. The molecule has 2 aromatic rings. The molecule has 1 aromatic carbocycles. The first kappa shape index (κ1) is 21.7. The van der Waals surface area contributed by atoms with E-state index in [2.05, 4.69) is 10.9 Å². The number of amides is 1. The molecular formula is C17H20N4O5S3. The van der Waals surface area contributed by atoms with Crippen LogP contribution in [0.15, 0.2) is 28.1 Å². The zero-order valence-electron chi connectivity index (χ0n) is 15.6. The average molecular weight is 457 g/mol. The predicted molar refractivity (Wildman–Crippen MR) is 110 cm³/mol. The maximum Gasteiger partial charge on any atom is 0.251 e. The molecule has 0 atom stereocenters. The summed E-state index contributed by atoms with van der Waals surface area (Å²) < 4.78 is 50.0. The molecule has 156 valence electrons. The van der Waals surface area contributed by atoms with Crippen molar-refractivity contribution in [2.45, 2.75) is 24.3 Å². The van der Waals surface area contributed by atoms with E-state index in [-0.39, 0.29) is 36.4 Å². The highest BCUT2D eigenvalue weighted by atomic mass is 32.2. The van der Waals surface area contributed by atoms with E-state index >= 15 is 0 Å². The summed E-state index contributed by atoms with van der Waals surface area (Å²) in [6.45, 7) is 0.714. The van der Waals surface area contributed by atoms with Crippen LogP contribution in [0.1, 0.15) is 12.8 Å². The number of rotatable bonds is 4. The van der Waals surface area contributed by atoms with Gasteiger partial charge in [0.2, 0.25) is 20.0 Å². The highest BCUT2D eigenvalue weighted by Gasteiger charge is 2.29. The van der Waals surface area contributed by atoms with Gasteiger partial charge in [-0.2, -0.15) is 4.99 Å². The van der Waals surface area contributed by atoms with Gasteiger partial charge >= 0.3 is 0 Å². The third-order valence-corrected chi connectivity index (χ3v) is 7.97. The summed E-state index contributed by atoms with van der Waals surface area (Å²) >= 11 is 1.14. The Hall–Kier alpha value is -2.04. The van der Waals surface area contributed by atoms with Crippen LogP contribution in [0.2, 0.25) is 0 Å². The molecule has 0 aliphatic carbocycles. The minimum atomic E-state index is -3.86. The number of hydrogen-bond acceptors (Lipinski definition) is 6. The van der Waals surface area contributed by atoms with Crippen LogP contribution in [0, 0.1) is 18.3 Å². The Kier molecular flexibility index (Phi) is 5.98. The second-order valence-corrected chi connectivity index (χ2v) is 11.3. The van der Waals surface area contributed by atoms with Crippen molar-refractivity contribution in [3.8, 4) is 12.3 Å². The molecule has 2 N–H and O–H groups in total. The smallest absolute Gasteiger partial charge is 0.251 e. The minimum absolute atomic E-state index is 0.0369. The Labute approximate surface area is 173 Å². The van der Waals surface area contributed by atoms with E-state index in [1.54, 1.807) is 10.6 Å². The Morgan fingerprint density at radius 2 is 1.97 bits per heavy atom. The number of aromatic nitrogens is 1. The lowest BCUT2D eigenvalue weighted by atomic mass is 9.98. The molecule has 1 aliphatic rings. The van der Waals surface area contributed by atoms with Crippen LogP contribution in [-0.2, 0) is 31.4 Å². The Morgan fingerprint density at radius 3 is 2.52 bits per heavy atom. The number of hydrogen-bond donors (Lipinski definition) is 1. The number of benzene rings is 1. The molecule has 1 aromatic heterocycles. The minimum Gasteiger partial charge on any atom is -0.305 e. The van der Waals surface area contributed by atoms with Crippen LogP contribution in [-0.4, -0.2) is 51.0 Å². The van der Waals surface area contributed by atoms with Crippen LogP contribution in [0.4, 0.5) is 0 Å². The molecule has 0 spiro atoms. The quantitative estimate of drug-likeness (QED) is 0.651. The van der Waals surface area contributed by atoms with Gasteiger partial charge in [0, 0.05) is 19.0 Å². The maximum absolute atomic E-state index is 12.7. The largest absolute Gasteiger partial charge is 0.305 e.